The van der Waals surface area contributed by atoms with E-state index in [0.717, 1.165) is 19.1 Å². The highest BCUT2D eigenvalue weighted by Gasteiger charge is 2.29. The zero-order chi connectivity index (χ0) is 9.68. The number of carbonyl (C=O) groups is 2. The molecule has 1 saturated carbocycles. The number of hydrogen-bond donors (Lipinski definition) is 1. The van der Waals surface area contributed by atoms with Crippen LogP contribution in [0.5, 0.6) is 0 Å². The number of aldehydes is 1. The van der Waals surface area contributed by atoms with Gasteiger partial charge in [-0.2, -0.15) is 5.26 Å². The Morgan fingerprint density at radius 2 is 2.38 bits per heavy atom. The smallest absolute Gasteiger partial charge is 0.223 e. The maximum absolute atomic E-state index is 11.3. The van der Waals surface area contributed by atoms with Crippen LogP contribution < -0.4 is 5.32 Å². The number of nitriles is 1. The fraction of sp³-hybridized carbons (Fsp3) is 0.667. The molecule has 4 heteroatoms. The van der Waals surface area contributed by atoms with Crippen LogP contribution in [0.3, 0.4) is 0 Å². The molecule has 0 aromatic heterocycles. The first-order valence-electron chi connectivity index (χ1n) is 4.38. The predicted molar refractivity (Wildman–Crippen MR) is 45.5 cm³/mol. The second-order valence-electron chi connectivity index (χ2n) is 3.28. The molecule has 1 N–H and O–H groups in total. The highest BCUT2D eigenvalue weighted by atomic mass is 16.1. The Balaban J connectivity index is 2.34. The molecule has 0 bridgehead atoms. The zero-order valence-electron chi connectivity index (χ0n) is 7.32. The normalized spacial score (nSPS) is 26.4. The van der Waals surface area contributed by atoms with Gasteiger partial charge in [0.1, 0.15) is 12.8 Å². The Morgan fingerprint density at radius 3 is 2.92 bits per heavy atom. The van der Waals surface area contributed by atoms with Crippen LogP contribution in [0.2, 0.25) is 0 Å². The summed E-state index contributed by atoms with van der Waals surface area (Å²) in [5.74, 6) is -0.118. The van der Waals surface area contributed by atoms with Crippen molar-refractivity contribution in [1.82, 2.24) is 5.32 Å². The Bertz CT molecular complexity index is 244. The molecule has 0 aromatic carbocycles. The fourth-order valence-corrected chi connectivity index (χ4v) is 1.65. The summed E-state index contributed by atoms with van der Waals surface area (Å²) in [4.78, 5) is 21.7. The Labute approximate surface area is 76.9 Å². The van der Waals surface area contributed by atoms with Crippen molar-refractivity contribution in [3.63, 3.8) is 0 Å². The third-order valence-corrected chi connectivity index (χ3v) is 2.38. The average molecular weight is 180 g/mol. The number of nitrogens with one attached hydrogen (secondary N) is 1. The molecule has 0 heterocycles. The van der Waals surface area contributed by atoms with Gasteiger partial charge in [0.05, 0.1) is 6.07 Å². The molecule has 2 atom stereocenters. The largest absolute Gasteiger partial charge is 0.343 e. The number of hydrogen-bond acceptors (Lipinski definition) is 3. The molecule has 0 unspecified atom stereocenters. The topological polar surface area (TPSA) is 70.0 Å². The molecule has 1 aliphatic rings. The molecule has 1 amide bonds. The molecule has 0 saturated heterocycles. The first kappa shape index (κ1) is 9.72. The average Bonchev–Trinajstić information content (AvgIpc) is 2.62. The second-order valence-corrected chi connectivity index (χ2v) is 3.28. The van der Waals surface area contributed by atoms with Gasteiger partial charge in [0.2, 0.25) is 5.91 Å². The minimum atomic E-state index is -0.0918. The van der Waals surface area contributed by atoms with Gasteiger partial charge >= 0.3 is 0 Å². The highest BCUT2D eigenvalue weighted by Crippen LogP contribution is 2.29. The minimum absolute atomic E-state index is 0.0397. The van der Waals surface area contributed by atoms with Crippen LogP contribution >= 0.6 is 0 Å². The highest BCUT2D eigenvalue weighted by molar-refractivity contribution is 5.79. The molecule has 0 aliphatic heterocycles. The van der Waals surface area contributed by atoms with Gasteiger partial charge in [-0.3, -0.25) is 4.79 Å². The van der Waals surface area contributed by atoms with Crippen molar-refractivity contribution in [1.29, 1.82) is 5.26 Å². The van der Waals surface area contributed by atoms with Crippen molar-refractivity contribution in [3.8, 4) is 6.07 Å². The quantitative estimate of drug-likeness (QED) is 0.499. The summed E-state index contributed by atoms with van der Waals surface area (Å²) in [6.45, 7) is 0.0566. The standard InChI is InChI=1S/C9H12N2O2/c10-3-4-11-9(13)8-2-1-7(5-8)6-12/h6-8H,1-2,4-5H2,(H,11,13)/t7-,8-/m1/s1. The van der Waals surface area contributed by atoms with Crippen LogP contribution in [0.25, 0.3) is 0 Å². The van der Waals surface area contributed by atoms with Gasteiger partial charge in [-0.1, -0.05) is 0 Å². The number of nitrogens with zero attached hydrogens (tertiary/aromatic N) is 1. The van der Waals surface area contributed by atoms with Crippen molar-refractivity contribution in [2.24, 2.45) is 11.8 Å². The van der Waals surface area contributed by atoms with Crippen molar-refractivity contribution in [3.05, 3.63) is 0 Å². The third kappa shape index (κ3) is 2.55. The lowest BCUT2D eigenvalue weighted by Gasteiger charge is -2.07. The zero-order valence-corrected chi connectivity index (χ0v) is 7.32. The van der Waals surface area contributed by atoms with E-state index in [1.54, 1.807) is 0 Å². The number of carbonyl (C=O) groups excluding carboxylic acids is 2. The van der Waals surface area contributed by atoms with Gasteiger partial charge in [0.15, 0.2) is 0 Å². The van der Waals surface area contributed by atoms with E-state index < -0.39 is 0 Å². The number of amides is 1. The predicted octanol–water partition coefficient (Wildman–Crippen LogP) is 0.241. The first-order valence-corrected chi connectivity index (χ1v) is 4.38. The fourth-order valence-electron chi connectivity index (χ4n) is 1.65. The van der Waals surface area contributed by atoms with Gasteiger partial charge in [-0.25, -0.2) is 0 Å². The molecule has 13 heavy (non-hydrogen) atoms. The van der Waals surface area contributed by atoms with E-state index in [1.165, 1.54) is 0 Å². The third-order valence-electron chi connectivity index (χ3n) is 2.38. The molecular weight excluding hydrogens is 168 g/mol. The first-order chi connectivity index (χ1) is 6.27. The van der Waals surface area contributed by atoms with E-state index in [-0.39, 0.29) is 24.3 Å². The van der Waals surface area contributed by atoms with Gasteiger partial charge in [-0.05, 0) is 19.3 Å². The summed E-state index contributed by atoms with van der Waals surface area (Å²) in [6.07, 6.45) is 3.12. The van der Waals surface area contributed by atoms with Crippen LogP contribution in [0.15, 0.2) is 0 Å². The van der Waals surface area contributed by atoms with Crippen molar-refractivity contribution in [2.75, 3.05) is 6.54 Å². The molecule has 1 rings (SSSR count). The molecule has 70 valence electrons. The summed E-state index contributed by atoms with van der Waals surface area (Å²) in [5, 5.41) is 10.7. The molecular formula is C9H12N2O2. The van der Waals surface area contributed by atoms with Crippen LogP contribution in [0, 0.1) is 23.2 Å². The van der Waals surface area contributed by atoms with Crippen LogP contribution in [-0.2, 0) is 9.59 Å². The van der Waals surface area contributed by atoms with E-state index >= 15 is 0 Å². The Kier molecular flexibility index (Phi) is 3.44. The van der Waals surface area contributed by atoms with E-state index in [0.29, 0.717) is 6.42 Å². The summed E-state index contributed by atoms with van der Waals surface area (Å²) in [7, 11) is 0. The molecule has 1 fully saturated rings. The van der Waals surface area contributed by atoms with Crippen LogP contribution in [0.4, 0.5) is 0 Å². The summed E-state index contributed by atoms with van der Waals surface area (Å²) in [6, 6.07) is 1.85. The van der Waals surface area contributed by atoms with E-state index in [9.17, 15) is 9.59 Å². The summed E-state index contributed by atoms with van der Waals surface area (Å²) in [5.41, 5.74) is 0. The monoisotopic (exact) mass is 180 g/mol. The number of rotatable bonds is 3. The van der Waals surface area contributed by atoms with E-state index in [4.69, 9.17) is 5.26 Å². The lowest BCUT2D eigenvalue weighted by Crippen LogP contribution is -2.29. The Hall–Kier alpha value is -1.37. The SMILES string of the molecule is N#CCNC(=O)[C@@H]1CC[C@@H](C=O)C1. The lowest BCUT2D eigenvalue weighted by atomic mass is 10.1. The lowest BCUT2D eigenvalue weighted by molar-refractivity contribution is -0.124. The maximum atomic E-state index is 11.3. The van der Waals surface area contributed by atoms with Crippen molar-refractivity contribution < 1.29 is 9.59 Å². The van der Waals surface area contributed by atoms with Gasteiger partial charge < -0.3 is 10.1 Å². The van der Waals surface area contributed by atoms with Crippen molar-refractivity contribution in [2.45, 2.75) is 19.3 Å². The summed E-state index contributed by atoms with van der Waals surface area (Å²) >= 11 is 0. The van der Waals surface area contributed by atoms with Gasteiger partial charge in [-0.15, -0.1) is 0 Å². The van der Waals surface area contributed by atoms with Gasteiger partial charge in [0.25, 0.3) is 0 Å². The minimum Gasteiger partial charge on any atom is -0.343 e. The van der Waals surface area contributed by atoms with Crippen molar-refractivity contribution >= 4 is 12.2 Å². The van der Waals surface area contributed by atoms with Gasteiger partial charge in [0, 0.05) is 11.8 Å². The Morgan fingerprint density at radius 1 is 1.62 bits per heavy atom. The summed E-state index contributed by atoms with van der Waals surface area (Å²) < 4.78 is 0. The molecule has 0 aromatic rings. The molecule has 0 spiro atoms. The second kappa shape index (κ2) is 4.61. The van der Waals surface area contributed by atoms with E-state index in [1.807, 2.05) is 6.07 Å². The maximum Gasteiger partial charge on any atom is 0.223 e. The van der Waals surface area contributed by atoms with E-state index in [2.05, 4.69) is 5.32 Å². The van der Waals surface area contributed by atoms with Crippen LogP contribution in [0.1, 0.15) is 19.3 Å². The van der Waals surface area contributed by atoms with Crippen LogP contribution in [-0.4, -0.2) is 18.7 Å². The molecule has 1 aliphatic carbocycles. The molecule has 4 nitrogen and oxygen atoms in total. The molecule has 0 radical (unpaired) electrons.